The summed E-state index contributed by atoms with van der Waals surface area (Å²) in [6.07, 6.45) is 7.26. The van der Waals surface area contributed by atoms with E-state index in [9.17, 15) is 4.79 Å². The molecular weight excluding hydrogens is 188 g/mol. The minimum Gasteiger partial charge on any atom is -0.353 e. The van der Waals surface area contributed by atoms with Crippen LogP contribution in [0.2, 0.25) is 0 Å². The van der Waals surface area contributed by atoms with Gasteiger partial charge in [0.25, 0.3) is 0 Å². The van der Waals surface area contributed by atoms with Crippen molar-refractivity contribution in [2.75, 3.05) is 6.54 Å². The van der Waals surface area contributed by atoms with Gasteiger partial charge in [0, 0.05) is 12.1 Å². The van der Waals surface area contributed by atoms with Crippen LogP contribution >= 0.6 is 0 Å². The van der Waals surface area contributed by atoms with Crippen molar-refractivity contribution in [1.82, 2.24) is 10.6 Å². The molecule has 0 bridgehead atoms. The third-order valence-electron chi connectivity index (χ3n) is 3.81. The Morgan fingerprint density at radius 3 is 2.53 bits per heavy atom. The first-order chi connectivity index (χ1) is 7.27. The van der Waals surface area contributed by atoms with E-state index in [0.717, 1.165) is 13.0 Å². The fourth-order valence-corrected chi connectivity index (χ4v) is 2.77. The summed E-state index contributed by atoms with van der Waals surface area (Å²) in [5.41, 5.74) is 0. The summed E-state index contributed by atoms with van der Waals surface area (Å²) >= 11 is 0. The van der Waals surface area contributed by atoms with E-state index >= 15 is 0 Å². The van der Waals surface area contributed by atoms with E-state index in [2.05, 4.69) is 17.6 Å². The number of amides is 1. The highest BCUT2D eigenvalue weighted by molar-refractivity contribution is 5.80. The lowest BCUT2D eigenvalue weighted by Crippen LogP contribution is -2.42. The van der Waals surface area contributed by atoms with Crippen LogP contribution in [-0.4, -0.2) is 24.5 Å². The second-order valence-corrected chi connectivity index (χ2v) is 4.98. The zero-order valence-electron chi connectivity index (χ0n) is 9.59. The van der Waals surface area contributed by atoms with E-state index < -0.39 is 0 Å². The first kappa shape index (κ1) is 10.9. The summed E-state index contributed by atoms with van der Waals surface area (Å²) < 4.78 is 0. The van der Waals surface area contributed by atoms with Crippen LogP contribution in [0.5, 0.6) is 0 Å². The Morgan fingerprint density at radius 2 is 1.93 bits per heavy atom. The van der Waals surface area contributed by atoms with Crippen molar-refractivity contribution in [2.45, 2.75) is 57.5 Å². The van der Waals surface area contributed by atoms with Gasteiger partial charge in [-0.05, 0) is 32.7 Å². The second-order valence-electron chi connectivity index (χ2n) is 4.98. The van der Waals surface area contributed by atoms with Crippen molar-refractivity contribution in [1.29, 1.82) is 0 Å². The lowest BCUT2D eigenvalue weighted by molar-refractivity contribution is -0.126. The smallest absolute Gasteiger partial charge is 0.224 e. The molecule has 1 saturated heterocycles. The summed E-state index contributed by atoms with van der Waals surface area (Å²) in [5, 5.41) is 6.54. The Bertz CT molecular complexity index is 224. The average Bonchev–Trinajstić information content (AvgIpc) is 2.66. The van der Waals surface area contributed by atoms with Gasteiger partial charge in [-0.25, -0.2) is 0 Å². The molecule has 86 valence electrons. The quantitative estimate of drug-likeness (QED) is 0.724. The first-order valence-electron chi connectivity index (χ1n) is 6.31. The van der Waals surface area contributed by atoms with E-state index in [1.807, 2.05) is 0 Å². The molecule has 1 saturated carbocycles. The molecule has 3 nitrogen and oxygen atoms in total. The predicted molar refractivity (Wildman–Crippen MR) is 60.6 cm³/mol. The average molecular weight is 210 g/mol. The number of carbonyl (C=O) groups excluding carboxylic acids is 1. The van der Waals surface area contributed by atoms with Gasteiger partial charge in [-0.15, -0.1) is 0 Å². The van der Waals surface area contributed by atoms with Crippen molar-refractivity contribution in [2.24, 2.45) is 5.92 Å². The van der Waals surface area contributed by atoms with Gasteiger partial charge in [-0.3, -0.25) is 4.79 Å². The maximum absolute atomic E-state index is 12.0. The SMILES string of the molecule is CC1NCCC1C(=O)NC1CCCCC1. The largest absolute Gasteiger partial charge is 0.353 e. The fourth-order valence-electron chi connectivity index (χ4n) is 2.77. The van der Waals surface area contributed by atoms with Gasteiger partial charge >= 0.3 is 0 Å². The third kappa shape index (κ3) is 2.71. The van der Waals surface area contributed by atoms with Crippen LogP contribution in [0, 0.1) is 5.92 Å². The molecule has 0 radical (unpaired) electrons. The third-order valence-corrected chi connectivity index (χ3v) is 3.81. The molecular formula is C12H22N2O. The van der Waals surface area contributed by atoms with E-state index in [1.54, 1.807) is 0 Å². The highest BCUT2D eigenvalue weighted by Crippen LogP contribution is 2.20. The predicted octanol–water partition coefficient (Wildman–Crippen LogP) is 1.43. The van der Waals surface area contributed by atoms with Crippen LogP contribution < -0.4 is 10.6 Å². The van der Waals surface area contributed by atoms with Crippen LogP contribution in [0.25, 0.3) is 0 Å². The minimum absolute atomic E-state index is 0.201. The molecule has 2 unspecified atom stereocenters. The fraction of sp³-hybridized carbons (Fsp3) is 0.917. The summed E-state index contributed by atoms with van der Waals surface area (Å²) in [4.78, 5) is 12.0. The van der Waals surface area contributed by atoms with Crippen molar-refractivity contribution < 1.29 is 4.79 Å². The van der Waals surface area contributed by atoms with Gasteiger partial charge in [0.1, 0.15) is 0 Å². The Kier molecular flexibility index (Phi) is 3.62. The maximum atomic E-state index is 12.0. The molecule has 0 aromatic rings. The molecule has 2 aliphatic rings. The zero-order valence-corrected chi connectivity index (χ0v) is 9.59. The van der Waals surface area contributed by atoms with Crippen LogP contribution in [0.15, 0.2) is 0 Å². The van der Waals surface area contributed by atoms with Crippen molar-refractivity contribution in [3.63, 3.8) is 0 Å². The second kappa shape index (κ2) is 4.97. The van der Waals surface area contributed by atoms with Crippen LogP contribution in [-0.2, 0) is 4.79 Å². The molecule has 1 aliphatic carbocycles. The zero-order chi connectivity index (χ0) is 10.7. The molecule has 2 fully saturated rings. The van der Waals surface area contributed by atoms with Crippen LogP contribution in [0.1, 0.15) is 45.4 Å². The number of nitrogens with one attached hydrogen (secondary N) is 2. The van der Waals surface area contributed by atoms with Gasteiger partial charge in [0.05, 0.1) is 5.92 Å². The molecule has 0 spiro atoms. The molecule has 15 heavy (non-hydrogen) atoms. The normalized spacial score (nSPS) is 32.9. The molecule has 2 atom stereocenters. The highest BCUT2D eigenvalue weighted by Gasteiger charge is 2.30. The topological polar surface area (TPSA) is 41.1 Å². The van der Waals surface area contributed by atoms with E-state index in [1.165, 1.54) is 32.1 Å². The van der Waals surface area contributed by atoms with Crippen LogP contribution in [0.3, 0.4) is 0 Å². The standard InChI is InChI=1S/C12H22N2O/c1-9-11(7-8-13-9)12(15)14-10-5-3-2-4-6-10/h9-11,13H,2-8H2,1H3,(H,14,15). The van der Waals surface area contributed by atoms with Crippen molar-refractivity contribution in [3.8, 4) is 0 Å². The summed E-state index contributed by atoms with van der Waals surface area (Å²) in [7, 11) is 0. The van der Waals surface area contributed by atoms with Gasteiger partial charge in [-0.1, -0.05) is 19.3 Å². The summed E-state index contributed by atoms with van der Waals surface area (Å²) in [6.45, 7) is 3.10. The molecule has 2 N–H and O–H groups in total. The Morgan fingerprint density at radius 1 is 1.20 bits per heavy atom. The minimum atomic E-state index is 0.201. The van der Waals surface area contributed by atoms with Gasteiger partial charge in [0.15, 0.2) is 0 Å². The Hall–Kier alpha value is -0.570. The van der Waals surface area contributed by atoms with Gasteiger partial charge < -0.3 is 10.6 Å². The molecule has 1 heterocycles. The molecule has 3 heteroatoms. The monoisotopic (exact) mass is 210 g/mol. The molecule has 1 amide bonds. The lowest BCUT2D eigenvalue weighted by Gasteiger charge is -2.25. The Balaban J connectivity index is 1.80. The molecule has 1 aliphatic heterocycles. The molecule has 2 rings (SSSR count). The first-order valence-corrected chi connectivity index (χ1v) is 6.31. The number of rotatable bonds is 2. The maximum Gasteiger partial charge on any atom is 0.224 e. The number of carbonyl (C=O) groups is 1. The highest BCUT2D eigenvalue weighted by atomic mass is 16.2. The van der Waals surface area contributed by atoms with Crippen molar-refractivity contribution >= 4 is 5.91 Å². The van der Waals surface area contributed by atoms with Crippen LogP contribution in [0.4, 0.5) is 0 Å². The van der Waals surface area contributed by atoms with Gasteiger partial charge in [0.2, 0.25) is 5.91 Å². The van der Waals surface area contributed by atoms with E-state index in [4.69, 9.17) is 0 Å². The number of hydrogen-bond donors (Lipinski definition) is 2. The summed E-state index contributed by atoms with van der Waals surface area (Å²) in [5.74, 6) is 0.478. The summed E-state index contributed by atoms with van der Waals surface area (Å²) in [6, 6.07) is 0.813. The molecule has 0 aromatic carbocycles. The van der Waals surface area contributed by atoms with Crippen molar-refractivity contribution in [3.05, 3.63) is 0 Å². The molecule has 0 aromatic heterocycles. The van der Waals surface area contributed by atoms with E-state index in [0.29, 0.717) is 12.1 Å². The lowest BCUT2D eigenvalue weighted by atomic mass is 9.94. The van der Waals surface area contributed by atoms with E-state index in [-0.39, 0.29) is 11.8 Å². The number of hydrogen-bond acceptors (Lipinski definition) is 2. The van der Waals surface area contributed by atoms with Gasteiger partial charge in [-0.2, -0.15) is 0 Å². The Labute approximate surface area is 92.0 Å².